The fourth-order valence-corrected chi connectivity index (χ4v) is 3.93. The Morgan fingerprint density at radius 2 is 1.87 bits per heavy atom. The molecule has 1 heterocycles. The number of aliphatic hydroxyl groups is 2. The van der Waals surface area contributed by atoms with Crippen molar-refractivity contribution in [3.05, 3.63) is 27.7 Å². The van der Waals surface area contributed by atoms with Crippen LogP contribution in [-0.4, -0.2) is 51.9 Å². The standard InChI is InChI=1S/C15H18Cl2N2O4/c16-9-1-6(11(21)2-10(9)17)14(18)13-7-3-19(4-8(7)13)15(23)12(22)5-20/h1-2,7-8,12-14,20-22H,3-5,18H2/t7-,8+,12-,13+,14?/m1/s1. The molecule has 0 aromatic heterocycles. The van der Waals surface area contributed by atoms with Gasteiger partial charge >= 0.3 is 0 Å². The second-order valence-corrected chi connectivity index (χ2v) is 7.01. The molecule has 1 aromatic carbocycles. The zero-order chi connectivity index (χ0) is 16.9. The largest absolute Gasteiger partial charge is 0.508 e. The minimum atomic E-state index is -1.36. The van der Waals surface area contributed by atoms with E-state index in [4.69, 9.17) is 34.0 Å². The molecule has 1 unspecified atom stereocenters. The molecule has 5 atom stereocenters. The number of carbonyl (C=O) groups excluding carboxylic acids is 1. The Labute approximate surface area is 143 Å². The second-order valence-electron chi connectivity index (χ2n) is 6.20. The Kier molecular flexibility index (Phi) is 4.46. The van der Waals surface area contributed by atoms with Crippen molar-refractivity contribution in [1.82, 2.24) is 4.90 Å². The summed E-state index contributed by atoms with van der Waals surface area (Å²) in [5.41, 5.74) is 6.81. The van der Waals surface area contributed by atoms with Crippen molar-refractivity contribution in [2.75, 3.05) is 19.7 Å². The second kappa shape index (κ2) is 6.11. The minimum absolute atomic E-state index is 0.0144. The highest BCUT2D eigenvalue weighted by Crippen LogP contribution is 2.57. The van der Waals surface area contributed by atoms with E-state index in [0.29, 0.717) is 23.7 Å². The van der Waals surface area contributed by atoms with Gasteiger partial charge in [-0.25, -0.2) is 0 Å². The summed E-state index contributed by atoms with van der Waals surface area (Å²) in [4.78, 5) is 13.4. The molecule has 126 valence electrons. The number of phenols is 1. The van der Waals surface area contributed by atoms with Gasteiger partial charge in [-0.3, -0.25) is 4.79 Å². The van der Waals surface area contributed by atoms with Gasteiger partial charge in [0.15, 0.2) is 6.10 Å². The van der Waals surface area contributed by atoms with Crippen molar-refractivity contribution in [2.45, 2.75) is 12.1 Å². The summed E-state index contributed by atoms with van der Waals surface area (Å²) >= 11 is 11.8. The molecular formula is C15H18Cl2N2O4. The summed E-state index contributed by atoms with van der Waals surface area (Å²) in [6.45, 7) is 0.423. The van der Waals surface area contributed by atoms with Crippen molar-refractivity contribution in [3.63, 3.8) is 0 Å². The van der Waals surface area contributed by atoms with Gasteiger partial charge in [0, 0.05) is 30.8 Å². The number of nitrogens with two attached hydrogens (primary N) is 1. The topological polar surface area (TPSA) is 107 Å². The Morgan fingerprint density at radius 1 is 1.30 bits per heavy atom. The summed E-state index contributed by atoms with van der Waals surface area (Å²) < 4.78 is 0. The van der Waals surface area contributed by atoms with Gasteiger partial charge in [0.1, 0.15) is 5.75 Å². The van der Waals surface area contributed by atoms with E-state index in [2.05, 4.69) is 0 Å². The third-order valence-corrected chi connectivity index (χ3v) is 5.60. The lowest BCUT2D eigenvalue weighted by atomic mass is 9.99. The van der Waals surface area contributed by atoms with Crippen molar-refractivity contribution in [1.29, 1.82) is 0 Å². The van der Waals surface area contributed by atoms with E-state index in [-0.39, 0.29) is 34.6 Å². The maximum absolute atomic E-state index is 11.8. The maximum atomic E-state index is 11.8. The summed E-state index contributed by atoms with van der Waals surface area (Å²) in [5, 5.41) is 28.9. The molecule has 8 heteroatoms. The van der Waals surface area contributed by atoms with Gasteiger partial charge in [-0.2, -0.15) is 0 Å². The lowest BCUT2D eigenvalue weighted by Crippen LogP contribution is -2.41. The third kappa shape index (κ3) is 2.90. The van der Waals surface area contributed by atoms with E-state index in [1.807, 2.05) is 0 Å². The number of aliphatic hydroxyl groups excluding tert-OH is 2. The first-order valence-corrected chi connectivity index (χ1v) is 8.12. The number of fused-ring (bicyclic) bond motifs is 1. The molecule has 2 aliphatic rings. The molecule has 1 aliphatic heterocycles. The monoisotopic (exact) mass is 360 g/mol. The van der Waals surface area contributed by atoms with Gasteiger partial charge in [0.25, 0.3) is 5.91 Å². The van der Waals surface area contributed by atoms with Crippen LogP contribution in [0.5, 0.6) is 5.75 Å². The molecule has 0 bridgehead atoms. The fraction of sp³-hybridized carbons (Fsp3) is 0.533. The Bertz CT molecular complexity index is 630. The molecule has 3 rings (SSSR count). The molecule has 1 aromatic rings. The predicted octanol–water partition coefficient (Wildman–Crippen LogP) is 0.756. The zero-order valence-corrected chi connectivity index (χ0v) is 13.7. The molecule has 1 saturated heterocycles. The van der Waals surface area contributed by atoms with Crippen LogP contribution in [0, 0.1) is 17.8 Å². The van der Waals surface area contributed by atoms with Crippen LogP contribution in [0.2, 0.25) is 10.0 Å². The van der Waals surface area contributed by atoms with E-state index < -0.39 is 18.6 Å². The number of aromatic hydroxyl groups is 1. The van der Waals surface area contributed by atoms with Crippen LogP contribution in [0.15, 0.2) is 12.1 Å². The lowest BCUT2D eigenvalue weighted by molar-refractivity contribution is -0.141. The number of nitrogens with zero attached hydrogens (tertiary/aromatic N) is 1. The molecule has 23 heavy (non-hydrogen) atoms. The highest BCUT2D eigenvalue weighted by molar-refractivity contribution is 6.42. The molecule has 0 spiro atoms. The zero-order valence-electron chi connectivity index (χ0n) is 12.2. The van der Waals surface area contributed by atoms with E-state index in [0.717, 1.165) is 0 Å². The van der Waals surface area contributed by atoms with Crippen LogP contribution in [0.3, 0.4) is 0 Å². The van der Waals surface area contributed by atoms with Gasteiger partial charge in [-0.15, -0.1) is 0 Å². The molecule has 5 N–H and O–H groups in total. The summed E-state index contributed by atoms with van der Waals surface area (Å²) in [5.74, 6) is 0.167. The summed E-state index contributed by atoms with van der Waals surface area (Å²) in [6, 6.07) is 2.57. The number of amides is 1. The fourth-order valence-electron chi connectivity index (χ4n) is 3.60. The Morgan fingerprint density at radius 3 is 2.43 bits per heavy atom. The highest BCUT2D eigenvalue weighted by Gasteiger charge is 2.59. The number of rotatable bonds is 4. The van der Waals surface area contributed by atoms with Crippen LogP contribution in [-0.2, 0) is 4.79 Å². The van der Waals surface area contributed by atoms with E-state index in [1.54, 1.807) is 11.0 Å². The predicted molar refractivity (Wildman–Crippen MR) is 85.2 cm³/mol. The Hall–Kier alpha value is -1.05. The van der Waals surface area contributed by atoms with Crippen molar-refractivity contribution in [2.24, 2.45) is 23.5 Å². The van der Waals surface area contributed by atoms with Crippen molar-refractivity contribution in [3.8, 4) is 5.75 Å². The van der Waals surface area contributed by atoms with Gasteiger partial charge in [-0.1, -0.05) is 23.2 Å². The maximum Gasteiger partial charge on any atom is 0.253 e. The van der Waals surface area contributed by atoms with Gasteiger partial charge < -0.3 is 26.0 Å². The number of halogens is 2. The van der Waals surface area contributed by atoms with Crippen LogP contribution < -0.4 is 5.73 Å². The molecular weight excluding hydrogens is 343 g/mol. The quantitative estimate of drug-likeness (QED) is 0.633. The normalized spacial score (nSPS) is 28.4. The number of phenolic OH excluding ortho intramolecular Hbond substituents is 1. The minimum Gasteiger partial charge on any atom is -0.508 e. The molecule has 6 nitrogen and oxygen atoms in total. The third-order valence-electron chi connectivity index (χ3n) is 4.87. The summed E-state index contributed by atoms with van der Waals surface area (Å²) in [7, 11) is 0. The van der Waals surface area contributed by atoms with Crippen LogP contribution in [0.25, 0.3) is 0 Å². The van der Waals surface area contributed by atoms with Crippen LogP contribution >= 0.6 is 23.2 Å². The first-order chi connectivity index (χ1) is 10.8. The number of piperidine rings is 1. The number of benzene rings is 1. The van der Waals surface area contributed by atoms with E-state index in [9.17, 15) is 15.0 Å². The smallest absolute Gasteiger partial charge is 0.253 e. The van der Waals surface area contributed by atoms with Gasteiger partial charge in [-0.05, 0) is 23.8 Å². The molecule has 2 fully saturated rings. The summed E-state index contributed by atoms with van der Waals surface area (Å²) in [6.07, 6.45) is -1.36. The van der Waals surface area contributed by atoms with E-state index >= 15 is 0 Å². The molecule has 1 saturated carbocycles. The van der Waals surface area contributed by atoms with Crippen molar-refractivity contribution >= 4 is 29.1 Å². The first kappa shape index (κ1) is 16.8. The number of likely N-dealkylation sites (tertiary alicyclic amines) is 1. The number of hydrogen-bond acceptors (Lipinski definition) is 5. The Balaban J connectivity index is 1.67. The SMILES string of the molecule is NC(c1cc(Cl)c(Cl)cc1O)[C@H]1[C@@H]2CN(C(=O)[C@H](O)CO)C[C@@H]21. The average Bonchev–Trinajstić information content (AvgIpc) is 3.02. The van der Waals surface area contributed by atoms with Gasteiger partial charge in [0.2, 0.25) is 0 Å². The first-order valence-electron chi connectivity index (χ1n) is 7.36. The van der Waals surface area contributed by atoms with E-state index in [1.165, 1.54) is 6.07 Å². The molecule has 1 aliphatic carbocycles. The van der Waals surface area contributed by atoms with Crippen LogP contribution in [0.1, 0.15) is 11.6 Å². The van der Waals surface area contributed by atoms with Crippen LogP contribution in [0.4, 0.5) is 0 Å². The number of carbonyl (C=O) groups is 1. The average molecular weight is 361 g/mol. The van der Waals surface area contributed by atoms with Crippen molar-refractivity contribution < 1.29 is 20.1 Å². The van der Waals surface area contributed by atoms with Gasteiger partial charge in [0.05, 0.1) is 16.7 Å². The lowest BCUT2D eigenvalue weighted by Gasteiger charge is -2.24. The molecule has 1 amide bonds. The number of hydrogen-bond donors (Lipinski definition) is 4. The highest BCUT2D eigenvalue weighted by atomic mass is 35.5. The molecule has 0 radical (unpaired) electrons.